The van der Waals surface area contributed by atoms with Crippen molar-refractivity contribution in [1.29, 1.82) is 0 Å². The van der Waals surface area contributed by atoms with Crippen LogP contribution < -0.4 is 0 Å². The van der Waals surface area contributed by atoms with Crippen molar-refractivity contribution in [3.05, 3.63) is 11.6 Å². The highest BCUT2D eigenvalue weighted by atomic mass is 16.3. The minimum Gasteiger partial charge on any atom is -0.390 e. The molecule has 0 spiro atoms. The topological polar surface area (TPSA) is 20.2 Å². The van der Waals surface area contributed by atoms with Crippen LogP contribution in [0, 0.1) is 46.3 Å². The molecule has 4 rings (SSSR count). The number of fused-ring (bicyclic) bond motifs is 5. The molecule has 1 heteroatoms. The summed E-state index contributed by atoms with van der Waals surface area (Å²) >= 11 is 0. The van der Waals surface area contributed by atoms with Gasteiger partial charge in [-0.25, -0.2) is 0 Å². The summed E-state index contributed by atoms with van der Waals surface area (Å²) < 4.78 is 0. The van der Waals surface area contributed by atoms with Crippen LogP contribution in [-0.4, -0.2) is 10.7 Å². The van der Waals surface area contributed by atoms with E-state index in [2.05, 4.69) is 47.6 Å². The Morgan fingerprint density at radius 1 is 1.00 bits per heavy atom. The van der Waals surface area contributed by atoms with Crippen LogP contribution in [0.2, 0.25) is 0 Å². The molecule has 0 bridgehead atoms. The molecule has 0 radical (unpaired) electrons. The highest BCUT2D eigenvalue weighted by Crippen LogP contribution is 2.67. The second-order valence-corrected chi connectivity index (χ2v) is 12.8. The molecule has 0 aromatic carbocycles. The number of hydrogen-bond acceptors (Lipinski definition) is 1. The van der Waals surface area contributed by atoms with Gasteiger partial charge in [0.1, 0.15) is 0 Å². The third-order valence-corrected chi connectivity index (χ3v) is 11.5. The van der Waals surface area contributed by atoms with Crippen LogP contribution in [0.3, 0.4) is 0 Å². The fourth-order valence-corrected chi connectivity index (χ4v) is 8.94. The average molecular weight is 415 g/mol. The largest absolute Gasteiger partial charge is 0.390 e. The minimum atomic E-state index is -0.426. The van der Waals surface area contributed by atoms with Gasteiger partial charge in [0.2, 0.25) is 0 Å². The van der Waals surface area contributed by atoms with Gasteiger partial charge in [-0.1, -0.05) is 72.5 Å². The summed E-state index contributed by atoms with van der Waals surface area (Å²) in [5.41, 5.74) is 2.15. The minimum absolute atomic E-state index is 0.367. The van der Waals surface area contributed by atoms with Crippen LogP contribution in [-0.2, 0) is 0 Å². The predicted molar refractivity (Wildman–Crippen MR) is 128 cm³/mol. The molecule has 0 aliphatic heterocycles. The molecule has 0 aromatic rings. The monoisotopic (exact) mass is 414 g/mol. The molecule has 30 heavy (non-hydrogen) atoms. The number of aliphatic hydroxyl groups is 1. The van der Waals surface area contributed by atoms with E-state index in [1.807, 2.05) is 0 Å². The van der Waals surface area contributed by atoms with Gasteiger partial charge in [-0.3, -0.25) is 0 Å². The van der Waals surface area contributed by atoms with Crippen LogP contribution in [0.5, 0.6) is 0 Å². The quantitative estimate of drug-likeness (QED) is 0.434. The Kier molecular flexibility index (Phi) is 6.28. The summed E-state index contributed by atoms with van der Waals surface area (Å²) in [5.74, 6) is 5.44. The van der Waals surface area contributed by atoms with Crippen LogP contribution in [0.1, 0.15) is 119 Å². The number of rotatable bonds is 6. The Labute approximate surface area is 187 Å². The third kappa shape index (κ3) is 3.64. The zero-order valence-electron chi connectivity index (χ0n) is 21.0. The predicted octanol–water partition coefficient (Wildman–Crippen LogP) is 8.17. The fraction of sp³-hybridized carbons (Fsp3) is 0.931. The molecule has 0 unspecified atom stereocenters. The van der Waals surface area contributed by atoms with E-state index in [1.54, 1.807) is 5.57 Å². The first-order valence-corrected chi connectivity index (χ1v) is 13.6. The Balaban J connectivity index is 1.51. The molecule has 3 fully saturated rings. The third-order valence-electron chi connectivity index (χ3n) is 11.5. The van der Waals surface area contributed by atoms with Gasteiger partial charge < -0.3 is 5.11 Å². The standard InChI is InChI=1S/C29H50O/c1-7-20(3)9-10-21(4)24-13-14-25-23-12-11-22-19-29(30,8-2)18-17-27(22,5)26(23)15-16-28(24,25)6/h11,20-21,23-26,30H,7-10,12-19H2,1-6H3/t20-,21+,23-,24+,25-,26-,27-,28+,29-/m0/s1. The molecule has 0 saturated heterocycles. The molecule has 3 saturated carbocycles. The maximum Gasteiger partial charge on any atom is 0.0682 e. The maximum atomic E-state index is 11.0. The van der Waals surface area contributed by atoms with Crippen LogP contribution in [0.25, 0.3) is 0 Å². The van der Waals surface area contributed by atoms with E-state index < -0.39 is 5.60 Å². The summed E-state index contributed by atoms with van der Waals surface area (Å²) in [6, 6.07) is 0. The second-order valence-electron chi connectivity index (χ2n) is 12.8. The number of allylic oxidation sites excluding steroid dienone is 1. The van der Waals surface area contributed by atoms with E-state index in [9.17, 15) is 5.11 Å². The summed E-state index contributed by atoms with van der Waals surface area (Å²) in [6.45, 7) is 14.8. The van der Waals surface area contributed by atoms with Crippen LogP contribution in [0.4, 0.5) is 0 Å². The van der Waals surface area contributed by atoms with Crippen molar-refractivity contribution in [2.45, 2.75) is 124 Å². The van der Waals surface area contributed by atoms with Crippen molar-refractivity contribution in [2.75, 3.05) is 0 Å². The fourth-order valence-electron chi connectivity index (χ4n) is 8.94. The van der Waals surface area contributed by atoms with Gasteiger partial charge in [0.05, 0.1) is 5.60 Å². The highest BCUT2D eigenvalue weighted by Gasteiger charge is 2.59. The van der Waals surface area contributed by atoms with Crippen molar-refractivity contribution >= 4 is 0 Å². The highest BCUT2D eigenvalue weighted by molar-refractivity contribution is 5.27. The van der Waals surface area contributed by atoms with E-state index >= 15 is 0 Å². The zero-order chi connectivity index (χ0) is 21.7. The van der Waals surface area contributed by atoms with Crippen molar-refractivity contribution < 1.29 is 5.11 Å². The number of hydrogen-bond donors (Lipinski definition) is 1. The Bertz CT molecular complexity index is 651. The van der Waals surface area contributed by atoms with Crippen molar-refractivity contribution in [3.63, 3.8) is 0 Å². The lowest BCUT2D eigenvalue weighted by molar-refractivity contribution is -0.0755. The van der Waals surface area contributed by atoms with E-state index in [0.717, 1.165) is 54.8 Å². The summed E-state index contributed by atoms with van der Waals surface area (Å²) in [4.78, 5) is 0. The van der Waals surface area contributed by atoms with Gasteiger partial charge in [0, 0.05) is 0 Å². The van der Waals surface area contributed by atoms with Gasteiger partial charge in [0.25, 0.3) is 0 Å². The lowest BCUT2D eigenvalue weighted by Crippen LogP contribution is -2.52. The maximum absolute atomic E-state index is 11.0. The van der Waals surface area contributed by atoms with E-state index in [4.69, 9.17) is 0 Å². The molecule has 4 aliphatic rings. The molecule has 172 valence electrons. The normalized spacial score (nSPS) is 47.6. The Morgan fingerprint density at radius 2 is 1.77 bits per heavy atom. The smallest absolute Gasteiger partial charge is 0.0682 e. The first-order valence-electron chi connectivity index (χ1n) is 13.6. The van der Waals surface area contributed by atoms with Gasteiger partial charge in [-0.15, -0.1) is 0 Å². The van der Waals surface area contributed by atoms with Gasteiger partial charge >= 0.3 is 0 Å². The lowest BCUT2D eigenvalue weighted by Gasteiger charge is -2.59. The average Bonchev–Trinajstić information content (AvgIpc) is 3.09. The van der Waals surface area contributed by atoms with Gasteiger partial charge in [-0.2, -0.15) is 0 Å². The van der Waals surface area contributed by atoms with E-state index in [1.165, 1.54) is 57.8 Å². The lowest BCUT2D eigenvalue weighted by atomic mass is 9.46. The zero-order valence-corrected chi connectivity index (χ0v) is 21.0. The van der Waals surface area contributed by atoms with Gasteiger partial charge in [-0.05, 0) is 104 Å². The van der Waals surface area contributed by atoms with Crippen molar-refractivity contribution in [1.82, 2.24) is 0 Å². The molecule has 1 nitrogen and oxygen atoms in total. The molecular weight excluding hydrogens is 364 g/mol. The van der Waals surface area contributed by atoms with Gasteiger partial charge in [0.15, 0.2) is 0 Å². The van der Waals surface area contributed by atoms with Crippen molar-refractivity contribution in [3.8, 4) is 0 Å². The molecule has 0 heterocycles. The summed E-state index contributed by atoms with van der Waals surface area (Å²) in [7, 11) is 0. The van der Waals surface area contributed by atoms with Crippen molar-refractivity contribution in [2.24, 2.45) is 46.3 Å². The van der Waals surface area contributed by atoms with E-state index in [-0.39, 0.29) is 0 Å². The molecule has 0 amide bonds. The molecule has 1 N–H and O–H groups in total. The first-order chi connectivity index (χ1) is 14.2. The second kappa shape index (κ2) is 8.24. The Hall–Kier alpha value is -0.300. The van der Waals surface area contributed by atoms with Crippen LogP contribution >= 0.6 is 0 Å². The first kappa shape index (κ1) is 22.9. The Morgan fingerprint density at radius 3 is 2.47 bits per heavy atom. The summed E-state index contributed by atoms with van der Waals surface area (Å²) in [6.07, 6.45) is 18.0. The molecule has 0 aromatic heterocycles. The molecular formula is C29H50O. The SMILES string of the molecule is CC[C@H](C)CC[C@@H](C)[C@H]1CC[C@H]2[C@@H]3CC=C4C[C@](O)(CC)CC[C@]4(C)[C@H]3CC[C@]12C. The summed E-state index contributed by atoms with van der Waals surface area (Å²) in [5, 5.41) is 11.0. The molecule has 9 atom stereocenters. The van der Waals surface area contributed by atoms with Crippen LogP contribution in [0.15, 0.2) is 11.6 Å². The van der Waals surface area contributed by atoms with E-state index in [0.29, 0.717) is 10.8 Å². The molecule has 4 aliphatic carbocycles.